The van der Waals surface area contributed by atoms with E-state index in [0.717, 1.165) is 11.4 Å². The number of fused-ring (bicyclic) bond motifs is 1. The van der Waals surface area contributed by atoms with E-state index in [0.29, 0.717) is 6.61 Å². The van der Waals surface area contributed by atoms with Crippen LogP contribution in [-0.4, -0.2) is 28.2 Å². The molecule has 1 aromatic heterocycles. The number of aliphatic imine (C=N–C) groups is 1. The van der Waals surface area contributed by atoms with Crippen molar-refractivity contribution in [2.75, 3.05) is 6.61 Å². The lowest BCUT2D eigenvalue weighted by atomic mass is 10.3. The van der Waals surface area contributed by atoms with Crippen molar-refractivity contribution in [1.29, 1.82) is 0 Å². The van der Waals surface area contributed by atoms with Crippen molar-refractivity contribution < 1.29 is 4.74 Å². The Morgan fingerprint density at radius 3 is 2.87 bits per heavy atom. The van der Waals surface area contributed by atoms with Crippen molar-refractivity contribution in [2.45, 2.75) is 0 Å². The molecule has 0 amide bonds. The molecular formula is C10H10N4O. The molecule has 0 saturated heterocycles. The van der Waals surface area contributed by atoms with E-state index in [1.165, 1.54) is 0 Å². The molecule has 3 rings (SSSR count). The van der Waals surface area contributed by atoms with E-state index in [1.807, 2.05) is 24.3 Å². The molecular weight excluding hydrogens is 192 g/mol. The smallest absolute Gasteiger partial charge is 0.145 e. The summed E-state index contributed by atoms with van der Waals surface area (Å²) in [6.45, 7) is 0.594. The fraction of sp³-hybridized carbons (Fsp3) is 0.100. The van der Waals surface area contributed by atoms with E-state index < -0.39 is 0 Å². The second kappa shape index (κ2) is 4.90. The van der Waals surface area contributed by atoms with Crippen molar-refractivity contribution in [3.05, 3.63) is 36.7 Å². The molecule has 0 saturated carbocycles. The van der Waals surface area contributed by atoms with Crippen LogP contribution in [0.15, 0.2) is 41.7 Å². The fourth-order valence-corrected chi connectivity index (χ4v) is 1.12. The second-order valence-electron chi connectivity index (χ2n) is 2.75. The Bertz CT molecular complexity index is 408. The Hall–Kier alpha value is -2.17. The van der Waals surface area contributed by atoms with Gasteiger partial charge < -0.3 is 4.74 Å². The van der Waals surface area contributed by atoms with Crippen LogP contribution < -0.4 is 4.74 Å². The molecule has 1 aliphatic rings. The van der Waals surface area contributed by atoms with Gasteiger partial charge in [-0.15, -0.1) is 5.10 Å². The first kappa shape index (κ1) is 9.39. The molecule has 0 bridgehead atoms. The normalized spacial score (nSPS) is 12.0. The zero-order chi connectivity index (χ0) is 10.3. The maximum Gasteiger partial charge on any atom is 0.145 e. The Balaban J connectivity index is 0.000000144. The molecule has 0 fully saturated rings. The highest BCUT2D eigenvalue weighted by Gasteiger charge is 2.02. The summed E-state index contributed by atoms with van der Waals surface area (Å²) in [6, 6.07) is 7.75. The summed E-state index contributed by atoms with van der Waals surface area (Å²) in [6.07, 6.45) is 5.00. The van der Waals surface area contributed by atoms with Gasteiger partial charge in [0.15, 0.2) is 0 Å². The van der Waals surface area contributed by atoms with Gasteiger partial charge in [0.25, 0.3) is 0 Å². The van der Waals surface area contributed by atoms with Crippen LogP contribution in [0, 0.1) is 0 Å². The topological polar surface area (TPSA) is 63.2 Å². The molecule has 0 atom stereocenters. The number of para-hydroxylation sites is 2. The van der Waals surface area contributed by atoms with Gasteiger partial charge in [0.1, 0.15) is 18.0 Å². The Morgan fingerprint density at radius 2 is 2.20 bits per heavy atom. The Labute approximate surface area is 86.8 Å². The summed E-state index contributed by atoms with van der Waals surface area (Å²) in [4.78, 5) is 4.14. The van der Waals surface area contributed by atoms with Gasteiger partial charge in [-0.25, -0.2) is 0 Å². The average Bonchev–Trinajstić information content (AvgIpc) is 2.88. The third-order valence-electron chi connectivity index (χ3n) is 1.74. The summed E-state index contributed by atoms with van der Waals surface area (Å²) in [5, 5.41) is 9.26. The monoisotopic (exact) mass is 202 g/mol. The summed E-state index contributed by atoms with van der Waals surface area (Å²) in [7, 11) is 0. The first-order valence-corrected chi connectivity index (χ1v) is 4.51. The van der Waals surface area contributed by atoms with E-state index in [2.05, 4.69) is 20.4 Å². The average molecular weight is 202 g/mol. The molecule has 5 heteroatoms. The molecule has 0 unspecified atom stereocenters. The first-order chi connectivity index (χ1) is 7.47. The molecule has 76 valence electrons. The summed E-state index contributed by atoms with van der Waals surface area (Å²) in [5.41, 5.74) is 0.925. The van der Waals surface area contributed by atoms with Gasteiger partial charge in [-0.3, -0.25) is 10.1 Å². The number of hydrogen-bond donors (Lipinski definition) is 1. The van der Waals surface area contributed by atoms with Gasteiger partial charge in [0.2, 0.25) is 0 Å². The summed E-state index contributed by atoms with van der Waals surface area (Å²) in [5.74, 6) is 0.880. The van der Waals surface area contributed by atoms with E-state index in [9.17, 15) is 0 Å². The second-order valence-corrected chi connectivity index (χ2v) is 2.75. The maximum atomic E-state index is 5.27. The highest BCUT2D eigenvalue weighted by Crippen LogP contribution is 2.27. The van der Waals surface area contributed by atoms with Crippen LogP contribution >= 0.6 is 0 Å². The number of aromatic amines is 1. The standard InChI is InChI=1S/C8H7NO.C2H3N3/c1-2-4-8-7(3-1)9-5-6-10-8;1-2-4-5-3-1/h1-5H,6H2;1-2H,(H,3,4,5). The molecule has 1 N–H and O–H groups in total. The van der Waals surface area contributed by atoms with Crippen LogP contribution in [0.3, 0.4) is 0 Å². The van der Waals surface area contributed by atoms with Gasteiger partial charge in [-0.05, 0) is 12.1 Å². The quantitative estimate of drug-likeness (QED) is 0.705. The summed E-state index contributed by atoms with van der Waals surface area (Å²) >= 11 is 0. The van der Waals surface area contributed by atoms with Crippen LogP contribution in [0.2, 0.25) is 0 Å². The van der Waals surface area contributed by atoms with Gasteiger partial charge in [-0.2, -0.15) is 0 Å². The number of rotatable bonds is 0. The largest absolute Gasteiger partial charge is 0.486 e. The molecule has 0 spiro atoms. The lowest BCUT2D eigenvalue weighted by Crippen LogP contribution is -2.01. The number of hydrogen-bond acceptors (Lipinski definition) is 4. The lowest BCUT2D eigenvalue weighted by Gasteiger charge is -2.09. The highest BCUT2D eigenvalue weighted by molar-refractivity contribution is 5.70. The zero-order valence-corrected chi connectivity index (χ0v) is 8.00. The number of benzene rings is 1. The molecule has 0 radical (unpaired) electrons. The minimum Gasteiger partial charge on any atom is -0.486 e. The van der Waals surface area contributed by atoms with E-state index in [1.54, 1.807) is 18.6 Å². The minimum atomic E-state index is 0.594. The third kappa shape index (κ3) is 2.63. The molecule has 1 aromatic carbocycles. The number of aromatic nitrogens is 3. The van der Waals surface area contributed by atoms with Gasteiger partial charge >= 0.3 is 0 Å². The number of nitrogens with zero attached hydrogens (tertiary/aromatic N) is 3. The maximum absolute atomic E-state index is 5.27. The Kier molecular flexibility index (Phi) is 3.07. The predicted molar refractivity (Wildman–Crippen MR) is 56.5 cm³/mol. The first-order valence-electron chi connectivity index (χ1n) is 4.51. The molecule has 1 aliphatic heterocycles. The minimum absolute atomic E-state index is 0.594. The van der Waals surface area contributed by atoms with Crippen LogP contribution in [0.5, 0.6) is 5.75 Å². The van der Waals surface area contributed by atoms with E-state index in [-0.39, 0.29) is 0 Å². The van der Waals surface area contributed by atoms with Crippen molar-refractivity contribution in [3.63, 3.8) is 0 Å². The van der Waals surface area contributed by atoms with Crippen LogP contribution in [-0.2, 0) is 0 Å². The van der Waals surface area contributed by atoms with Crippen LogP contribution in [0.1, 0.15) is 0 Å². The lowest BCUT2D eigenvalue weighted by molar-refractivity contribution is 0.377. The molecule has 15 heavy (non-hydrogen) atoms. The summed E-state index contributed by atoms with van der Waals surface area (Å²) < 4.78 is 5.27. The van der Waals surface area contributed by atoms with Gasteiger partial charge in [0, 0.05) is 12.4 Å². The zero-order valence-electron chi connectivity index (χ0n) is 8.00. The predicted octanol–water partition coefficient (Wildman–Crippen LogP) is 1.59. The highest BCUT2D eigenvalue weighted by atomic mass is 16.5. The number of nitrogens with one attached hydrogen (secondary N) is 1. The van der Waals surface area contributed by atoms with E-state index >= 15 is 0 Å². The molecule has 0 aliphatic carbocycles. The van der Waals surface area contributed by atoms with Gasteiger partial charge in [-0.1, -0.05) is 17.3 Å². The van der Waals surface area contributed by atoms with Crippen molar-refractivity contribution in [3.8, 4) is 5.75 Å². The van der Waals surface area contributed by atoms with E-state index in [4.69, 9.17) is 4.74 Å². The molecule has 5 nitrogen and oxygen atoms in total. The van der Waals surface area contributed by atoms with Crippen molar-refractivity contribution in [1.82, 2.24) is 15.4 Å². The third-order valence-corrected chi connectivity index (χ3v) is 1.74. The fourth-order valence-electron chi connectivity index (χ4n) is 1.12. The van der Waals surface area contributed by atoms with Crippen molar-refractivity contribution >= 4 is 11.9 Å². The molecule has 2 aromatic rings. The number of H-pyrrole nitrogens is 1. The van der Waals surface area contributed by atoms with Crippen LogP contribution in [0.25, 0.3) is 0 Å². The SMILES string of the molecule is C1=Nc2ccccc2OC1.c1c[nH]nn1. The van der Waals surface area contributed by atoms with Crippen LogP contribution in [0.4, 0.5) is 5.69 Å². The Morgan fingerprint density at radius 1 is 1.27 bits per heavy atom. The number of ether oxygens (including phenoxy) is 1. The van der Waals surface area contributed by atoms with Crippen molar-refractivity contribution in [2.24, 2.45) is 4.99 Å². The van der Waals surface area contributed by atoms with Gasteiger partial charge in [0.05, 0.1) is 6.20 Å². The molecule has 2 heterocycles.